The number of alkyl carbamates (subject to hydrolysis) is 1. The Morgan fingerprint density at radius 3 is 2.37 bits per heavy atom. The molecule has 1 N–H and O–H groups in total. The van der Waals surface area contributed by atoms with Crippen LogP contribution in [-0.4, -0.2) is 24.3 Å². The molecule has 1 aromatic rings. The van der Waals surface area contributed by atoms with Crippen LogP contribution in [0, 0.1) is 0 Å². The topological polar surface area (TPSA) is 72.5 Å². The summed E-state index contributed by atoms with van der Waals surface area (Å²) in [5.74, 6) is 0. The molecule has 5 nitrogen and oxygen atoms in total. The van der Waals surface area contributed by atoms with E-state index in [1.807, 2.05) is 0 Å². The monoisotopic (exact) mass is 263 g/mol. The molecule has 0 unspecified atom stereocenters. The molecule has 0 atom stereocenters. The van der Waals surface area contributed by atoms with Crippen molar-refractivity contribution in [1.29, 1.82) is 0 Å². The summed E-state index contributed by atoms with van der Waals surface area (Å²) in [5.41, 5.74) is 0.799. The lowest BCUT2D eigenvalue weighted by atomic mass is 10.1. The summed E-state index contributed by atoms with van der Waals surface area (Å²) in [4.78, 5) is 32.9. The Labute approximate surface area is 111 Å². The van der Waals surface area contributed by atoms with E-state index in [-0.39, 0.29) is 6.54 Å². The highest BCUT2D eigenvalue weighted by molar-refractivity contribution is 5.90. The van der Waals surface area contributed by atoms with Crippen molar-refractivity contribution >= 4 is 18.7 Å². The van der Waals surface area contributed by atoms with Crippen molar-refractivity contribution in [2.24, 2.45) is 0 Å². The summed E-state index contributed by atoms with van der Waals surface area (Å²) >= 11 is 0. The minimum absolute atomic E-state index is 0.231. The lowest BCUT2D eigenvalue weighted by Crippen LogP contribution is -2.32. The quantitative estimate of drug-likeness (QED) is 0.846. The van der Waals surface area contributed by atoms with Crippen LogP contribution in [0.3, 0.4) is 0 Å². The summed E-state index contributed by atoms with van der Waals surface area (Å²) in [6.07, 6.45) is 0.704. The third kappa shape index (κ3) is 4.91. The Bertz CT molecular complexity index is 489. The van der Waals surface area contributed by atoms with Gasteiger partial charge in [-0.2, -0.15) is 0 Å². The first-order valence-electron chi connectivity index (χ1n) is 5.86. The fourth-order valence-electron chi connectivity index (χ4n) is 1.43. The van der Waals surface area contributed by atoms with Gasteiger partial charge in [-0.3, -0.25) is 9.59 Å². The molecular formula is C14H17NO4. The molecule has 0 saturated carbocycles. The summed E-state index contributed by atoms with van der Waals surface area (Å²) in [6, 6.07) is 4.78. The highest BCUT2D eigenvalue weighted by Crippen LogP contribution is 2.10. The molecule has 19 heavy (non-hydrogen) atoms. The largest absolute Gasteiger partial charge is 0.444 e. The van der Waals surface area contributed by atoms with E-state index in [0.29, 0.717) is 23.7 Å². The number of hydrogen-bond donors (Lipinski definition) is 1. The van der Waals surface area contributed by atoms with Crippen molar-refractivity contribution in [1.82, 2.24) is 5.32 Å². The van der Waals surface area contributed by atoms with Crippen LogP contribution in [0.1, 0.15) is 47.1 Å². The van der Waals surface area contributed by atoms with Crippen molar-refractivity contribution in [3.63, 3.8) is 0 Å². The van der Waals surface area contributed by atoms with Crippen molar-refractivity contribution in [2.75, 3.05) is 0 Å². The number of rotatable bonds is 4. The average molecular weight is 263 g/mol. The van der Waals surface area contributed by atoms with Crippen LogP contribution in [-0.2, 0) is 11.3 Å². The molecule has 0 saturated heterocycles. The fourth-order valence-corrected chi connectivity index (χ4v) is 1.43. The molecule has 0 radical (unpaired) electrons. The molecule has 0 aliphatic rings. The minimum atomic E-state index is -0.556. The third-order valence-electron chi connectivity index (χ3n) is 2.24. The van der Waals surface area contributed by atoms with Gasteiger partial charge in [0.1, 0.15) is 5.60 Å². The molecule has 0 spiro atoms. The van der Waals surface area contributed by atoms with Crippen molar-refractivity contribution < 1.29 is 19.1 Å². The number of carbonyl (C=O) groups is 3. The molecular weight excluding hydrogens is 246 g/mol. The van der Waals surface area contributed by atoms with Gasteiger partial charge in [-0.15, -0.1) is 0 Å². The third-order valence-corrected chi connectivity index (χ3v) is 2.24. The zero-order chi connectivity index (χ0) is 14.5. The number of nitrogens with one attached hydrogen (secondary N) is 1. The van der Waals surface area contributed by atoms with Gasteiger partial charge in [-0.05, 0) is 32.4 Å². The van der Waals surface area contributed by atoms with Crippen molar-refractivity contribution in [3.05, 3.63) is 34.9 Å². The number of carbonyl (C=O) groups excluding carboxylic acids is 3. The highest BCUT2D eigenvalue weighted by atomic mass is 16.6. The molecule has 5 heteroatoms. The van der Waals surface area contributed by atoms with Crippen molar-refractivity contribution in [2.45, 2.75) is 32.9 Å². The molecule has 0 fully saturated rings. The molecule has 0 heterocycles. The van der Waals surface area contributed by atoms with Crippen LogP contribution >= 0.6 is 0 Å². The number of aldehydes is 2. The van der Waals surface area contributed by atoms with Gasteiger partial charge < -0.3 is 10.1 Å². The molecule has 0 bridgehead atoms. The standard InChI is InChI=1S/C14H17NO4/c1-14(2,3)19-13(18)15-7-10-4-5-11(8-16)12(6-10)9-17/h4-6,8-9H,7H2,1-3H3,(H,15,18). The van der Waals surface area contributed by atoms with E-state index in [2.05, 4.69) is 5.32 Å². The van der Waals surface area contributed by atoms with Gasteiger partial charge in [-0.1, -0.05) is 12.1 Å². The van der Waals surface area contributed by atoms with Crippen LogP contribution in [0.15, 0.2) is 18.2 Å². The summed E-state index contributed by atoms with van der Waals surface area (Å²) in [7, 11) is 0. The van der Waals surface area contributed by atoms with Gasteiger partial charge in [0.2, 0.25) is 0 Å². The maximum absolute atomic E-state index is 11.5. The van der Waals surface area contributed by atoms with Gasteiger partial charge in [-0.25, -0.2) is 4.79 Å². The van der Waals surface area contributed by atoms with Crippen LogP contribution in [0.5, 0.6) is 0 Å². The van der Waals surface area contributed by atoms with E-state index in [1.54, 1.807) is 39.0 Å². The second-order valence-electron chi connectivity index (χ2n) is 5.05. The normalized spacial score (nSPS) is 10.7. The Morgan fingerprint density at radius 1 is 1.21 bits per heavy atom. The lowest BCUT2D eigenvalue weighted by molar-refractivity contribution is 0.0523. The molecule has 0 aromatic heterocycles. The van der Waals surface area contributed by atoms with E-state index < -0.39 is 11.7 Å². The first-order valence-corrected chi connectivity index (χ1v) is 5.86. The first-order chi connectivity index (χ1) is 8.85. The Hall–Kier alpha value is -2.17. The van der Waals surface area contributed by atoms with E-state index in [0.717, 1.165) is 5.56 Å². The summed E-state index contributed by atoms with van der Waals surface area (Å²) < 4.78 is 5.09. The Kier molecular flexibility index (Phi) is 4.80. The van der Waals surface area contributed by atoms with Gasteiger partial charge >= 0.3 is 6.09 Å². The molecule has 1 amide bonds. The summed E-state index contributed by atoms with van der Waals surface area (Å²) in [5, 5.41) is 2.58. The van der Waals surface area contributed by atoms with E-state index in [4.69, 9.17) is 4.74 Å². The molecule has 0 aliphatic carbocycles. The van der Waals surface area contributed by atoms with Gasteiger partial charge in [0.15, 0.2) is 12.6 Å². The molecule has 102 valence electrons. The fraction of sp³-hybridized carbons (Fsp3) is 0.357. The Balaban J connectivity index is 2.66. The van der Waals surface area contributed by atoms with Gasteiger partial charge in [0.25, 0.3) is 0 Å². The second kappa shape index (κ2) is 6.13. The average Bonchev–Trinajstić information content (AvgIpc) is 2.33. The number of amides is 1. The second-order valence-corrected chi connectivity index (χ2v) is 5.05. The Morgan fingerprint density at radius 2 is 1.84 bits per heavy atom. The first kappa shape index (κ1) is 14.9. The predicted molar refractivity (Wildman–Crippen MR) is 70.3 cm³/mol. The SMILES string of the molecule is CC(C)(C)OC(=O)NCc1ccc(C=O)c(C=O)c1. The maximum atomic E-state index is 11.5. The van der Waals surface area contributed by atoms with Crippen LogP contribution in [0.25, 0.3) is 0 Å². The molecule has 1 rings (SSSR count). The van der Waals surface area contributed by atoms with E-state index in [9.17, 15) is 14.4 Å². The predicted octanol–water partition coefficient (Wildman–Crippen LogP) is 2.34. The molecule has 0 aliphatic heterocycles. The zero-order valence-corrected chi connectivity index (χ0v) is 11.2. The minimum Gasteiger partial charge on any atom is -0.444 e. The zero-order valence-electron chi connectivity index (χ0n) is 11.2. The lowest BCUT2D eigenvalue weighted by Gasteiger charge is -2.19. The van der Waals surface area contributed by atoms with Crippen molar-refractivity contribution in [3.8, 4) is 0 Å². The number of hydrogen-bond acceptors (Lipinski definition) is 4. The smallest absolute Gasteiger partial charge is 0.407 e. The highest BCUT2D eigenvalue weighted by Gasteiger charge is 2.15. The van der Waals surface area contributed by atoms with Crippen LogP contribution in [0.4, 0.5) is 4.79 Å². The van der Waals surface area contributed by atoms with Crippen LogP contribution in [0.2, 0.25) is 0 Å². The van der Waals surface area contributed by atoms with E-state index >= 15 is 0 Å². The van der Waals surface area contributed by atoms with Gasteiger partial charge in [0.05, 0.1) is 0 Å². The summed E-state index contributed by atoms with van der Waals surface area (Å²) in [6.45, 7) is 5.55. The van der Waals surface area contributed by atoms with Crippen LogP contribution < -0.4 is 5.32 Å². The van der Waals surface area contributed by atoms with Gasteiger partial charge in [0, 0.05) is 17.7 Å². The number of benzene rings is 1. The maximum Gasteiger partial charge on any atom is 0.407 e. The van der Waals surface area contributed by atoms with E-state index in [1.165, 1.54) is 0 Å². The number of ether oxygens (including phenoxy) is 1. The molecule has 1 aromatic carbocycles.